The summed E-state index contributed by atoms with van der Waals surface area (Å²) in [7, 11) is 0. The average Bonchev–Trinajstić information content (AvgIpc) is 2.00. The Hall–Kier alpha value is -0.400. The molecule has 0 aliphatic rings. The van der Waals surface area contributed by atoms with Crippen LogP contribution in [0.15, 0.2) is 12.2 Å². The fourth-order valence-corrected chi connectivity index (χ4v) is 1.67. The van der Waals surface area contributed by atoms with Crippen LogP contribution in [0, 0.1) is 10.8 Å². The molecule has 0 amide bonds. The first-order valence-corrected chi connectivity index (χ1v) is 6.85. The van der Waals surface area contributed by atoms with Crippen LogP contribution in [0.4, 0.5) is 13.2 Å². The van der Waals surface area contributed by atoms with Gasteiger partial charge in [0.25, 0.3) is 0 Å². The van der Waals surface area contributed by atoms with E-state index in [1.165, 1.54) is 0 Å². The van der Waals surface area contributed by atoms with E-state index < -0.39 is 17.5 Å². The predicted octanol–water partition coefficient (Wildman–Crippen LogP) is -1.14. The molecule has 0 fully saturated rings. The minimum atomic E-state index is -4.59. The van der Waals surface area contributed by atoms with E-state index in [1.54, 1.807) is 0 Å². The van der Waals surface area contributed by atoms with Crippen LogP contribution in [0.1, 0.15) is 0 Å². The normalized spacial score (nSPS) is 11.4. The molecule has 13 heavy (non-hydrogen) atoms. The molecule has 0 aliphatic heterocycles. The molecule has 0 unspecified atom stereocenters. The van der Waals surface area contributed by atoms with Crippen molar-refractivity contribution in [2.75, 3.05) is 9.36 Å². The molecule has 0 saturated heterocycles. The van der Waals surface area contributed by atoms with Gasteiger partial charge in [-0.1, -0.05) is 0 Å². The molecule has 0 aromatic rings. The van der Waals surface area contributed by atoms with Gasteiger partial charge in [0.05, 0.1) is 0 Å². The van der Waals surface area contributed by atoms with Crippen molar-refractivity contribution in [3.05, 3.63) is 12.2 Å². The molecule has 0 heterocycles. The first-order valence-electron chi connectivity index (χ1n) is 3.17. The number of rotatable bonds is 4. The van der Waals surface area contributed by atoms with E-state index in [9.17, 15) is 13.2 Å². The summed E-state index contributed by atoms with van der Waals surface area (Å²) in [5.74, 6) is 0. The molecular weight excluding hydrogens is 296 g/mol. The zero-order valence-corrected chi connectivity index (χ0v) is 9.08. The first kappa shape index (κ1) is 12.6. The van der Waals surface area contributed by atoms with Gasteiger partial charge in [0.2, 0.25) is 0 Å². The van der Waals surface area contributed by atoms with Gasteiger partial charge in [-0.05, 0) is 0 Å². The van der Waals surface area contributed by atoms with Crippen LogP contribution in [0.3, 0.4) is 0 Å². The number of halogens is 4. The molecule has 0 aromatic carbocycles. The average molecular weight is 305 g/mol. The van der Waals surface area contributed by atoms with Gasteiger partial charge in [0, 0.05) is 0 Å². The second-order valence-electron chi connectivity index (χ2n) is 2.23. The summed E-state index contributed by atoms with van der Waals surface area (Å²) in [5.41, 5.74) is -2.28. The summed E-state index contributed by atoms with van der Waals surface area (Å²) in [4.78, 5) is 1.84. The van der Waals surface area contributed by atoms with Crippen molar-refractivity contribution in [1.82, 2.24) is 0 Å². The van der Waals surface area contributed by atoms with Gasteiger partial charge in [-0.15, -0.1) is 0 Å². The Morgan fingerprint density at radius 3 is 2.15 bits per heavy atom. The van der Waals surface area contributed by atoms with Gasteiger partial charge in [-0.3, -0.25) is 0 Å². The molecule has 0 aromatic heterocycles. The SMILES string of the molecule is C=C(C(=N)C(=N)C[I-]C)C(F)(F)F. The maximum absolute atomic E-state index is 12.0. The molecule has 0 saturated carbocycles. The number of hydrogen-bond acceptors (Lipinski definition) is 2. The van der Waals surface area contributed by atoms with Crippen molar-refractivity contribution in [1.29, 1.82) is 10.8 Å². The molecular formula is C7H9F3IN2-. The molecule has 6 heteroatoms. The molecule has 0 bridgehead atoms. The third-order valence-electron chi connectivity index (χ3n) is 1.21. The Morgan fingerprint density at radius 1 is 1.38 bits per heavy atom. The Labute approximate surface area is 84.5 Å². The molecule has 0 radical (unpaired) electrons. The quantitative estimate of drug-likeness (QED) is 0.375. The van der Waals surface area contributed by atoms with Crippen molar-refractivity contribution in [3.63, 3.8) is 0 Å². The number of hydrogen-bond donors (Lipinski definition) is 2. The molecule has 0 atom stereocenters. The second-order valence-corrected chi connectivity index (χ2v) is 4.52. The fourth-order valence-electron chi connectivity index (χ4n) is 0.524. The third-order valence-corrected chi connectivity index (χ3v) is 2.74. The summed E-state index contributed by atoms with van der Waals surface area (Å²) in [6, 6.07) is 0. The van der Waals surface area contributed by atoms with Gasteiger partial charge in [0.15, 0.2) is 0 Å². The Morgan fingerprint density at radius 2 is 1.85 bits per heavy atom. The van der Waals surface area contributed by atoms with Gasteiger partial charge < -0.3 is 0 Å². The monoisotopic (exact) mass is 305 g/mol. The van der Waals surface area contributed by atoms with Crippen molar-refractivity contribution >= 4 is 11.4 Å². The zero-order valence-electron chi connectivity index (χ0n) is 6.93. The van der Waals surface area contributed by atoms with E-state index >= 15 is 0 Å². The molecule has 2 nitrogen and oxygen atoms in total. The number of alkyl halides is 5. The predicted molar refractivity (Wildman–Crippen MR) is 41.4 cm³/mol. The number of allylic oxidation sites excluding steroid dienone is 1. The van der Waals surface area contributed by atoms with Crippen molar-refractivity contribution in [2.24, 2.45) is 0 Å². The van der Waals surface area contributed by atoms with E-state index in [1.807, 2.05) is 4.93 Å². The minimum absolute atomic E-state index is 0.266. The summed E-state index contributed by atoms with van der Waals surface area (Å²) in [6.07, 6.45) is -4.59. The summed E-state index contributed by atoms with van der Waals surface area (Å²) >= 11 is -0.303. The van der Waals surface area contributed by atoms with Crippen molar-refractivity contribution < 1.29 is 34.4 Å². The fraction of sp³-hybridized carbons (Fsp3) is 0.429. The van der Waals surface area contributed by atoms with Crippen LogP contribution in [0.25, 0.3) is 0 Å². The molecule has 0 spiro atoms. The van der Waals surface area contributed by atoms with Crippen LogP contribution in [-0.4, -0.2) is 27.0 Å². The molecule has 76 valence electrons. The summed E-state index contributed by atoms with van der Waals surface area (Å²) in [5, 5.41) is 14.2. The third kappa shape index (κ3) is 3.88. The van der Waals surface area contributed by atoms with E-state index in [0.717, 1.165) is 0 Å². The van der Waals surface area contributed by atoms with Crippen LogP contribution in [0.2, 0.25) is 0 Å². The van der Waals surface area contributed by atoms with Crippen molar-refractivity contribution in [2.45, 2.75) is 6.18 Å². The van der Waals surface area contributed by atoms with Gasteiger partial charge in [0.1, 0.15) is 0 Å². The second kappa shape index (κ2) is 4.73. The van der Waals surface area contributed by atoms with E-state index in [0.29, 0.717) is 0 Å². The van der Waals surface area contributed by atoms with E-state index in [2.05, 4.69) is 6.58 Å². The molecule has 2 N–H and O–H groups in total. The van der Waals surface area contributed by atoms with E-state index in [4.69, 9.17) is 10.8 Å². The van der Waals surface area contributed by atoms with Crippen LogP contribution in [0.5, 0.6) is 0 Å². The molecule has 0 aliphatic carbocycles. The van der Waals surface area contributed by atoms with Crippen LogP contribution >= 0.6 is 0 Å². The van der Waals surface area contributed by atoms with Gasteiger partial charge in [-0.2, -0.15) is 0 Å². The summed E-state index contributed by atoms with van der Waals surface area (Å²) in [6.45, 7) is 2.75. The standard InChI is InChI=1S/C7H9F3IN2/c1-4(7(8,9)10)6(13)5(12)3-11-2/h12-13H,1,3H2,2H3/q-1. The topological polar surface area (TPSA) is 47.7 Å². The first-order chi connectivity index (χ1) is 5.80. The Bertz CT molecular complexity index is 245. The van der Waals surface area contributed by atoms with E-state index in [-0.39, 0.29) is 31.3 Å². The zero-order chi connectivity index (χ0) is 10.6. The van der Waals surface area contributed by atoms with Gasteiger partial charge >= 0.3 is 84.3 Å². The van der Waals surface area contributed by atoms with Crippen molar-refractivity contribution in [3.8, 4) is 0 Å². The van der Waals surface area contributed by atoms with Crippen LogP contribution < -0.4 is 21.2 Å². The molecule has 0 rings (SSSR count). The Kier molecular flexibility index (Phi) is 4.58. The number of nitrogens with one attached hydrogen (secondary N) is 2. The summed E-state index contributed by atoms with van der Waals surface area (Å²) < 4.78 is 36.2. The van der Waals surface area contributed by atoms with Crippen LogP contribution in [-0.2, 0) is 0 Å². The maximum atomic E-state index is 12.0. The van der Waals surface area contributed by atoms with Gasteiger partial charge in [-0.25, -0.2) is 0 Å². The Balaban J connectivity index is 4.45.